The summed E-state index contributed by atoms with van der Waals surface area (Å²) < 4.78 is 5.63. The molecule has 2 aromatic carbocycles. The Hall–Kier alpha value is -3.85. The highest BCUT2D eigenvalue weighted by Gasteiger charge is 2.35. The van der Waals surface area contributed by atoms with Crippen LogP contribution in [0.3, 0.4) is 0 Å². The van der Waals surface area contributed by atoms with Crippen molar-refractivity contribution in [3.8, 4) is 0 Å². The monoisotopic (exact) mass is 728 g/mol. The van der Waals surface area contributed by atoms with E-state index in [2.05, 4.69) is 20.9 Å². The standard InChI is InChI=1S/C35H49ClN8O5S/c1-9-35(8,30(46)49-33(3,4)5)39-19-18-37-31-40-29(41-32(42-31)50-23-25-14-16-27(36)17-15-25)34(6,7)38-20-21-43(24(2)45)22-26-12-10-11-13-28(26)44(47)48/h10-17,38-39H,9,18-23H2,1-8H3,(H,37,40,41,42). The molecule has 272 valence electrons. The molecule has 13 nitrogen and oxygen atoms in total. The van der Waals surface area contributed by atoms with Crippen LogP contribution in [-0.2, 0) is 32.2 Å². The van der Waals surface area contributed by atoms with Crippen molar-refractivity contribution in [1.29, 1.82) is 0 Å². The average molecular weight is 729 g/mol. The summed E-state index contributed by atoms with van der Waals surface area (Å²) in [6, 6.07) is 14.0. The Morgan fingerprint density at radius 3 is 2.26 bits per heavy atom. The zero-order valence-electron chi connectivity index (χ0n) is 30.1. The van der Waals surface area contributed by atoms with Crippen LogP contribution < -0.4 is 16.0 Å². The van der Waals surface area contributed by atoms with E-state index in [1.807, 2.05) is 72.7 Å². The maximum Gasteiger partial charge on any atom is 0.326 e. The van der Waals surface area contributed by atoms with Crippen molar-refractivity contribution in [2.45, 2.75) is 95.9 Å². The second-order valence-electron chi connectivity index (χ2n) is 13.6. The third kappa shape index (κ3) is 12.5. The van der Waals surface area contributed by atoms with Crippen LogP contribution in [0.2, 0.25) is 5.02 Å². The first-order chi connectivity index (χ1) is 23.4. The van der Waals surface area contributed by atoms with Crippen LogP contribution in [0.4, 0.5) is 11.6 Å². The van der Waals surface area contributed by atoms with Crippen LogP contribution in [0.5, 0.6) is 0 Å². The number of rotatable bonds is 18. The lowest BCUT2D eigenvalue weighted by atomic mass is 9.98. The normalized spacial score (nSPS) is 13.0. The van der Waals surface area contributed by atoms with Gasteiger partial charge in [0.1, 0.15) is 11.1 Å². The van der Waals surface area contributed by atoms with Crippen LogP contribution in [0.25, 0.3) is 0 Å². The van der Waals surface area contributed by atoms with Gasteiger partial charge in [-0.05, 0) is 65.7 Å². The van der Waals surface area contributed by atoms with Gasteiger partial charge in [-0.3, -0.25) is 19.7 Å². The first-order valence-corrected chi connectivity index (χ1v) is 17.9. The topological polar surface area (TPSA) is 165 Å². The number of thioether (sulfide) groups is 1. The predicted molar refractivity (Wildman–Crippen MR) is 197 cm³/mol. The Balaban J connectivity index is 1.75. The molecule has 3 rings (SSSR count). The number of nitrogens with one attached hydrogen (secondary N) is 3. The summed E-state index contributed by atoms with van der Waals surface area (Å²) in [4.78, 5) is 52.2. The summed E-state index contributed by atoms with van der Waals surface area (Å²) in [5, 5.41) is 22.7. The van der Waals surface area contributed by atoms with Crippen molar-refractivity contribution in [3.63, 3.8) is 0 Å². The van der Waals surface area contributed by atoms with Gasteiger partial charge in [0.15, 0.2) is 11.0 Å². The van der Waals surface area contributed by atoms with E-state index in [0.29, 0.717) is 65.9 Å². The minimum atomic E-state index is -0.857. The Kier molecular flexibility index (Phi) is 14.5. The number of amides is 1. The number of esters is 1. The molecule has 1 amide bonds. The number of halogens is 1. The summed E-state index contributed by atoms with van der Waals surface area (Å²) in [5.41, 5.74) is -0.706. The van der Waals surface area contributed by atoms with Crippen molar-refractivity contribution in [2.75, 3.05) is 31.5 Å². The molecule has 3 aromatic rings. The van der Waals surface area contributed by atoms with Gasteiger partial charge in [-0.1, -0.05) is 60.6 Å². The number of ether oxygens (including phenoxy) is 1. The van der Waals surface area contributed by atoms with E-state index in [0.717, 1.165) is 5.56 Å². The molecule has 1 atom stereocenters. The van der Waals surface area contributed by atoms with E-state index in [9.17, 15) is 19.7 Å². The van der Waals surface area contributed by atoms with Crippen molar-refractivity contribution >= 4 is 46.9 Å². The number of hydrogen-bond donors (Lipinski definition) is 3. The highest BCUT2D eigenvalue weighted by atomic mass is 35.5. The molecular formula is C35H49ClN8O5S. The van der Waals surface area contributed by atoms with Gasteiger partial charge in [0.2, 0.25) is 11.9 Å². The predicted octanol–water partition coefficient (Wildman–Crippen LogP) is 6.11. The number of para-hydroxylation sites is 1. The minimum absolute atomic E-state index is 0.0276. The Bertz CT molecular complexity index is 1620. The number of anilines is 1. The number of nitro benzene ring substituents is 1. The molecule has 0 radical (unpaired) electrons. The van der Waals surface area contributed by atoms with E-state index in [1.165, 1.54) is 24.8 Å². The van der Waals surface area contributed by atoms with Crippen molar-refractivity contribution < 1.29 is 19.2 Å². The maximum absolute atomic E-state index is 12.9. The number of nitrogens with zero attached hydrogens (tertiary/aromatic N) is 5. The van der Waals surface area contributed by atoms with E-state index in [1.54, 1.807) is 23.1 Å². The van der Waals surface area contributed by atoms with E-state index < -0.39 is 21.6 Å². The van der Waals surface area contributed by atoms with Gasteiger partial charge in [0.25, 0.3) is 5.69 Å². The van der Waals surface area contributed by atoms with Crippen LogP contribution >= 0.6 is 23.4 Å². The second kappa shape index (κ2) is 17.9. The van der Waals surface area contributed by atoms with Crippen LogP contribution in [0.15, 0.2) is 53.7 Å². The zero-order valence-corrected chi connectivity index (χ0v) is 31.7. The smallest absolute Gasteiger partial charge is 0.326 e. The molecule has 3 N–H and O–H groups in total. The molecule has 0 aliphatic carbocycles. The number of benzene rings is 2. The fourth-order valence-corrected chi connectivity index (χ4v) is 5.63. The molecule has 0 spiro atoms. The molecule has 15 heteroatoms. The first-order valence-electron chi connectivity index (χ1n) is 16.5. The molecule has 0 saturated carbocycles. The second-order valence-corrected chi connectivity index (χ2v) is 15.0. The Morgan fingerprint density at radius 2 is 1.64 bits per heavy atom. The largest absolute Gasteiger partial charge is 0.459 e. The SMILES string of the molecule is CCC(C)(NCCNc1nc(SCc2ccc(Cl)cc2)nc(C(C)(C)NCCN(Cc2ccccc2[N+](=O)[O-])C(C)=O)n1)C(=O)OC(C)(C)C. The van der Waals surface area contributed by atoms with Crippen molar-refractivity contribution in [2.24, 2.45) is 0 Å². The van der Waals surface area contributed by atoms with Crippen LogP contribution in [0, 0.1) is 10.1 Å². The highest BCUT2D eigenvalue weighted by molar-refractivity contribution is 7.98. The third-order valence-corrected chi connectivity index (χ3v) is 9.05. The molecule has 0 saturated heterocycles. The molecule has 0 aliphatic heterocycles. The number of carbonyl (C=O) groups is 2. The maximum atomic E-state index is 12.9. The summed E-state index contributed by atoms with van der Waals surface area (Å²) in [6.07, 6.45) is 0.548. The number of aromatic nitrogens is 3. The molecule has 0 fully saturated rings. The van der Waals surface area contributed by atoms with E-state index in [4.69, 9.17) is 26.3 Å². The first kappa shape index (κ1) is 40.6. The minimum Gasteiger partial charge on any atom is -0.459 e. The molecule has 1 heterocycles. The molecule has 0 bridgehead atoms. The van der Waals surface area contributed by atoms with Gasteiger partial charge in [-0.25, -0.2) is 4.98 Å². The van der Waals surface area contributed by atoms with Crippen LogP contribution in [-0.4, -0.2) is 74.0 Å². The van der Waals surface area contributed by atoms with Gasteiger partial charge < -0.3 is 25.6 Å². The molecule has 50 heavy (non-hydrogen) atoms. The summed E-state index contributed by atoms with van der Waals surface area (Å²) in [7, 11) is 0. The lowest BCUT2D eigenvalue weighted by Crippen LogP contribution is -2.53. The highest BCUT2D eigenvalue weighted by Crippen LogP contribution is 2.25. The molecule has 0 aliphatic rings. The summed E-state index contributed by atoms with van der Waals surface area (Å²) >= 11 is 7.53. The van der Waals surface area contributed by atoms with Crippen molar-refractivity contribution in [3.05, 3.63) is 80.6 Å². The third-order valence-electron chi connectivity index (χ3n) is 7.88. The molecular weight excluding hydrogens is 680 g/mol. The quantitative estimate of drug-likeness (QED) is 0.0453. The van der Waals surface area contributed by atoms with Gasteiger partial charge in [0, 0.05) is 55.5 Å². The fraction of sp³-hybridized carbons (Fsp3) is 0.514. The molecule has 1 unspecified atom stereocenters. The summed E-state index contributed by atoms with van der Waals surface area (Å²) in [6.45, 7) is 16.3. The average Bonchev–Trinajstić information content (AvgIpc) is 3.05. The fourth-order valence-electron chi connectivity index (χ4n) is 4.71. The Labute approximate surface area is 303 Å². The lowest BCUT2D eigenvalue weighted by molar-refractivity contribution is -0.385. The zero-order chi connectivity index (χ0) is 37.1. The van der Waals surface area contributed by atoms with Crippen molar-refractivity contribution in [1.82, 2.24) is 30.5 Å². The lowest BCUT2D eigenvalue weighted by Gasteiger charge is -2.31. The van der Waals surface area contributed by atoms with Gasteiger partial charge >= 0.3 is 5.97 Å². The number of nitro groups is 1. The number of carbonyl (C=O) groups excluding carboxylic acids is 2. The Morgan fingerprint density at radius 1 is 0.960 bits per heavy atom. The van der Waals surface area contributed by atoms with Gasteiger partial charge in [0.05, 0.1) is 17.0 Å². The summed E-state index contributed by atoms with van der Waals surface area (Å²) in [5.74, 6) is 0.965. The number of hydrogen-bond acceptors (Lipinski definition) is 12. The van der Waals surface area contributed by atoms with E-state index >= 15 is 0 Å². The van der Waals surface area contributed by atoms with E-state index in [-0.39, 0.29) is 24.1 Å². The van der Waals surface area contributed by atoms with Crippen LogP contribution in [0.1, 0.15) is 78.8 Å². The van der Waals surface area contributed by atoms with Gasteiger partial charge in [-0.2, -0.15) is 9.97 Å². The van der Waals surface area contributed by atoms with Gasteiger partial charge in [-0.15, -0.1) is 0 Å². The molecule has 1 aromatic heterocycles.